The molecule has 0 radical (unpaired) electrons. The van der Waals surface area contributed by atoms with Crippen molar-refractivity contribution in [2.75, 3.05) is 5.32 Å². The molecule has 0 bridgehead atoms. The summed E-state index contributed by atoms with van der Waals surface area (Å²) in [6, 6.07) is 11.5. The third-order valence-electron chi connectivity index (χ3n) is 2.94. The average Bonchev–Trinajstić information content (AvgIpc) is 2.46. The van der Waals surface area contributed by atoms with Crippen molar-refractivity contribution in [1.82, 2.24) is 9.97 Å². The summed E-state index contributed by atoms with van der Waals surface area (Å²) in [7, 11) is 0. The molecule has 0 aliphatic rings. The van der Waals surface area contributed by atoms with Gasteiger partial charge in [0.25, 0.3) is 0 Å². The van der Waals surface area contributed by atoms with Gasteiger partial charge in [-0.3, -0.25) is 0 Å². The van der Waals surface area contributed by atoms with Gasteiger partial charge in [0.05, 0.1) is 11.0 Å². The summed E-state index contributed by atoms with van der Waals surface area (Å²) >= 11 is 3.34. The molecule has 7 heteroatoms. The van der Waals surface area contributed by atoms with Crippen molar-refractivity contribution < 1.29 is 15.0 Å². The van der Waals surface area contributed by atoms with Crippen LogP contribution in [0, 0.1) is 0 Å². The number of nitrogens with one attached hydrogen (secondary N) is 1. The van der Waals surface area contributed by atoms with Crippen LogP contribution in [-0.2, 0) is 0 Å². The Labute approximate surface area is 133 Å². The van der Waals surface area contributed by atoms with Crippen LogP contribution in [0.5, 0.6) is 5.75 Å². The lowest BCUT2D eigenvalue weighted by Gasteiger charge is -2.10. The fourth-order valence-corrected chi connectivity index (χ4v) is 2.33. The molecular formula is C15H10BrN3O3. The first-order chi connectivity index (χ1) is 10.5. The van der Waals surface area contributed by atoms with Gasteiger partial charge in [0.2, 0.25) is 0 Å². The van der Waals surface area contributed by atoms with Gasteiger partial charge >= 0.3 is 5.97 Å². The minimum atomic E-state index is -1.18. The normalized spacial score (nSPS) is 10.6. The van der Waals surface area contributed by atoms with Crippen molar-refractivity contribution in [1.29, 1.82) is 0 Å². The summed E-state index contributed by atoms with van der Waals surface area (Å²) in [5.74, 6) is -0.998. The van der Waals surface area contributed by atoms with Crippen LogP contribution in [0.2, 0.25) is 0 Å². The Hall–Kier alpha value is -2.67. The zero-order chi connectivity index (χ0) is 15.7. The first-order valence-electron chi connectivity index (χ1n) is 6.29. The summed E-state index contributed by atoms with van der Waals surface area (Å²) < 4.78 is 0.820. The predicted molar refractivity (Wildman–Crippen MR) is 85.6 cm³/mol. The molecule has 1 aromatic heterocycles. The molecule has 0 amide bonds. The van der Waals surface area contributed by atoms with E-state index in [1.165, 1.54) is 12.1 Å². The van der Waals surface area contributed by atoms with Crippen LogP contribution in [0.1, 0.15) is 10.5 Å². The molecular weight excluding hydrogens is 350 g/mol. The van der Waals surface area contributed by atoms with Crippen LogP contribution in [0.4, 0.5) is 11.5 Å². The molecule has 110 valence electrons. The smallest absolute Gasteiger partial charge is 0.358 e. The predicted octanol–water partition coefficient (Wildman–Crippen LogP) is 3.54. The Morgan fingerprint density at radius 2 is 1.91 bits per heavy atom. The van der Waals surface area contributed by atoms with Gasteiger partial charge in [-0.05, 0) is 30.3 Å². The van der Waals surface area contributed by atoms with Crippen molar-refractivity contribution in [2.45, 2.75) is 0 Å². The number of halogens is 1. The number of hydrogen-bond acceptors (Lipinski definition) is 5. The van der Waals surface area contributed by atoms with Crippen LogP contribution in [0.15, 0.2) is 46.9 Å². The van der Waals surface area contributed by atoms with Crippen LogP contribution < -0.4 is 5.32 Å². The van der Waals surface area contributed by atoms with E-state index < -0.39 is 5.97 Å². The molecule has 0 spiro atoms. The highest BCUT2D eigenvalue weighted by atomic mass is 79.9. The summed E-state index contributed by atoms with van der Waals surface area (Å²) in [6.45, 7) is 0. The lowest BCUT2D eigenvalue weighted by molar-refractivity contribution is 0.0692. The van der Waals surface area contributed by atoms with Gasteiger partial charge in [-0.1, -0.05) is 22.0 Å². The van der Waals surface area contributed by atoms with Crippen molar-refractivity contribution >= 4 is 44.4 Å². The molecule has 0 fully saturated rings. The molecule has 6 nitrogen and oxygen atoms in total. The van der Waals surface area contributed by atoms with E-state index in [1.54, 1.807) is 30.3 Å². The van der Waals surface area contributed by atoms with E-state index in [0.29, 0.717) is 16.7 Å². The number of aromatic nitrogens is 2. The lowest BCUT2D eigenvalue weighted by Crippen LogP contribution is -2.08. The number of phenolic OH excluding ortho intramolecular Hbond substituents is 1. The van der Waals surface area contributed by atoms with Crippen LogP contribution >= 0.6 is 15.9 Å². The van der Waals surface area contributed by atoms with Crippen molar-refractivity contribution in [3.8, 4) is 5.75 Å². The molecule has 22 heavy (non-hydrogen) atoms. The largest absolute Gasteiger partial charge is 0.508 e. The summed E-state index contributed by atoms with van der Waals surface area (Å²) in [5.41, 5.74) is 1.38. The number of phenols is 1. The molecule has 3 N–H and O–H groups in total. The molecule has 1 heterocycles. The zero-order valence-electron chi connectivity index (χ0n) is 11.1. The maximum atomic E-state index is 11.4. The summed E-state index contributed by atoms with van der Waals surface area (Å²) in [4.78, 5) is 19.8. The van der Waals surface area contributed by atoms with E-state index in [-0.39, 0.29) is 17.3 Å². The van der Waals surface area contributed by atoms with E-state index in [0.717, 1.165) is 4.47 Å². The van der Waals surface area contributed by atoms with Gasteiger partial charge in [0.1, 0.15) is 5.75 Å². The Balaban J connectivity index is 2.13. The van der Waals surface area contributed by atoms with E-state index >= 15 is 0 Å². The number of carbonyl (C=O) groups is 1. The Bertz CT molecular complexity index is 883. The van der Waals surface area contributed by atoms with Gasteiger partial charge in [0.15, 0.2) is 11.5 Å². The number of rotatable bonds is 3. The van der Waals surface area contributed by atoms with E-state index in [4.69, 9.17) is 0 Å². The highest BCUT2D eigenvalue weighted by Crippen LogP contribution is 2.24. The standard InChI is InChI=1S/C15H10BrN3O3/c16-8-4-5-11-12(6-8)19-14(13(18-11)15(21)22)17-9-2-1-3-10(20)7-9/h1-7,20H,(H,17,19)(H,21,22). The number of aromatic hydroxyl groups is 1. The maximum Gasteiger partial charge on any atom is 0.358 e. The Morgan fingerprint density at radius 1 is 1.09 bits per heavy atom. The number of nitrogens with zero attached hydrogens (tertiary/aromatic N) is 2. The van der Waals surface area contributed by atoms with Crippen LogP contribution in [-0.4, -0.2) is 26.2 Å². The van der Waals surface area contributed by atoms with Crippen molar-refractivity contribution in [3.63, 3.8) is 0 Å². The molecule has 0 atom stereocenters. The third kappa shape index (κ3) is 2.84. The number of benzene rings is 2. The fraction of sp³-hybridized carbons (Fsp3) is 0. The second-order valence-electron chi connectivity index (χ2n) is 4.53. The SMILES string of the molecule is O=C(O)c1nc2ccc(Br)cc2nc1Nc1cccc(O)c1. The molecule has 3 aromatic rings. The molecule has 0 saturated heterocycles. The quantitative estimate of drug-likeness (QED) is 0.661. The first kappa shape index (κ1) is 14.3. The topological polar surface area (TPSA) is 95.3 Å². The minimum absolute atomic E-state index is 0.0679. The molecule has 0 aliphatic carbocycles. The van der Waals surface area contributed by atoms with Gasteiger partial charge in [0, 0.05) is 16.2 Å². The number of hydrogen-bond donors (Lipinski definition) is 3. The Kier molecular flexibility index (Phi) is 3.64. The second kappa shape index (κ2) is 5.61. The monoisotopic (exact) mass is 359 g/mol. The van der Waals surface area contributed by atoms with Gasteiger partial charge in [-0.15, -0.1) is 0 Å². The summed E-state index contributed by atoms with van der Waals surface area (Å²) in [6.07, 6.45) is 0. The number of anilines is 2. The van der Waals surface area contributed by atoms with Crippen molar-refractivity contribution in [2.24, 2.45) is 0 Å². The highest BCUT2D eigenvalue weighted by Gasteiger charge is 2.16. The second-order valence-corrected chi connectivity index (χ2v) is 5.45. The summed E-state index contributed by atoms with van der Waals surface area (Å²) in [5, 5.41) is 21.7. The number of aromatic carboxylic acids is 1. The molecule has 0 saturated carbocycles. The minimum Gasteiger partial charge on any atom is -0.508 e. The third-order valence-corrected chi connectivity index (χ3v) is 3.43. The highest BCUT2D eigenvalue weighted by molar-refractivity contribution is 9.10. The number of carboxylic acid groups (broad SMARTS) is 1. The number of fused-ring (bicyclic) bond motifs is 1. The van der Waals surface area contributed by atoms with Gasteiger partial charge < -0.3 is 15.5 Å². The lowest BCUT2D eigenvalue weighted by atomic mass is 10.2. The van der Waals surface area contributed by atoms with E-state index in [9.17, 15) is 15.0 Å². The van der Waals surface area contributed by atoms with Crippen LogP contribution in [0.3, 0.4) is 0 Å². The van der Waals surface area contributed by atoms with Crippen molar-refractivity contribution in [3.05, 3.63) is 52.6 Å². The molecule has 3 rings (SSSR count). The van der Waals surface area contributed by atoms with E-state index in [1.807, 2.05) is 0 Å². The molecule has 0 unspecified atom stereocenters. The van der Waals surface area contributed by atoms with Gasteiger partial charge in [-0.2, -0.15) is 0 Å². The number of carboxylic acids is 1. The fourth-order valence-electron chi connectivity index (χ4n) is 1.98. The zero-order valence-corrected chi connectivity index (χ0v) is 12.7. The van der Waals surface area contributed by atoms with Crippen LogP contribution in [0.25, 0.3) is 11.0 Å². The first-order valence-corrected chi connectivity index (χ1v) is 7.09. The van der Waals surface area contributed by atoms with Gasteiger partial charge in [-0.25, -0.2) is 14.8 Å². The molecule has 0 aliphatic heterocycles. The molecule has 2 aromatic carbocycles. The maximum absolute atomic E-state index is 11.4. The van der Waals surface area contributed by atoms with E-state index in [2.05, 4.69) is 31.2 Å². The Morgan fingerprint density at radius 3 is 2.64 bits per heavy atom. The average molecular weight is 360 g/mol.